The number of hydrogen-bond donors (Lipinski definition) is 4. The predicted octanol–water partition coefficient (Wildman–Crippen LogP) is 6.98. The summed E-state index contributed by atoms with van der Waals surface area (Å²) >= 11 is 0. The lowest BCUT2D eigenvalue weighted by molar-refractivity contribution is -0.150. The fraction of sp³-hybridized carbons (Fsp3) is 0.882. The Morgan fingerprint density at radius 2 is 1.05 bits per heavy atom. The molecule has 2 atom stereocenters. The maximum absolute atomic E-state index is 12.5. The minimum Gasteiger partial charge on any atom is -0.480 e. The Balaban J connectivity index is 4.07. The first-order valence-corrected chi connectivity index (χ1v) is 17.4. The van der Waals surface area contributed by atoms with Gasteiger partial charge in [-0.3, -0.25) is 14.4 Å². The monoisotopic (exact) mass is 612 g/mol. The topological polar surface area (TPSA) is 142 Å². The standard InChI is InChI=1S/C34H64N2O7/c1-3-5-7-9-10-11-12-13-14-15-16-17-22-26-33(40)43-29(23-19-8-6-4-2)24-20-18-21-25-31(38)35-27-32(39)36-30(28-37)34(41)42/h29-30,37H,3-28H2,1-2H3,(H,35,38)(H,36,39)(H,41,42). The molecule has 9 nitrogen and oxygen atoms in total. The molecule has 0 heterocycles. The third kappa shape index (κ3) is 27.1. The molecule has 2 amide bonds. The quantitative estimate of drug-likeness (QED) is 0.0489. The van der Waals surface area contributed by atoms with Gasteiger partial charge in [-0.1, -0.05) is 117 Å². The highest BCUT2D eigenvalue weighted by Gasteiger charge is 2.19. The van der Waals surface area contributed by atoms with E-state index in [2.05, 4.69) is 24.5 Å². The van der Waals surface area contributed by atoms with E-state index >= 15 is 0 Å². The van der Waals surface area contributed by atoms with Crippen molar-refractivity contribution in [2.75, 3.05) is 13.2 Å². The third-order valence-electron chi connectivity index (χ3n) is 7.85. The van der Waals surface area contributed by atoms with Crippen LogP contribution in [0.1, 0.15) is 168 Å². The number of amides is 2. The van der Waals surface area contributed by atoms with Crippen molar-refractivity contribution in [2.24, 2.45) is 0 Å². The van der Waals surface area contributed by atoms with E-state index in [0.29, 0.717) is 12.8 Å². The summed E-state index contributed by atoms with van der Waals surface area (Å²) in [6, 6.07) is -1.39. The molecule has 43 heavy (non-hydrogen) atoms. The summed E-state index contributed by atoms with van der Waals surface area (Å²) in [7, 11) is 0. The summed E-state index contributed by atoms with van der Waals surface area (Å²) in [5.41, 5.74) is 0. The van der Waals surface area contributed by atoms with Crippen molar-refractivity contribution in [1.82, 2.24) is 10.6 Å². The third-order valence-corrected chi connectivity index (χ3v) is 7.85. The molecule has 252 valence electrons. The molecule has 0 aromatic heterocycles. The Kier molecular flexibility index (Phi) is 28.4. The van der Waals surface area contributed by atoms with E-state index in [1.165, 1.54) is 77.0 Å². The minimum atomic E-state index is -1.39. The highest BCUT2D eigenvalue weighted by Crippen LogP contribution is 2.18. The minimum absolute atomic E-state index is 0.0717. The zero-order valence-corrected chi connectivity index (χ0v) is 27.5. The van der Waals surface area contributed by atoms with Crippen molar-refractivity contribution in [3.63, 3.8) is 0 Å². The Morgan fingerprint density at radius 3 is 1.53 bits per heavy atom. The van der Waals surface area contributed by atoms with Gasteiger partial charge in [0, 0.05) is 12.8 Å². The zero-order valence-electron chi connectivity index (χ0n) is 27.5. The van der Waals surface area contributed by atoms with E-state index in [1.807, 2.05) is 0 Å². The summed E-state index contributed by atoms with van der Waals surface area (Å²) in [5, 5.41) is 22.4. The molecular formula is C34H64N2O7. The number of carboxylic acid groups (broad SMARTS) is 1. The Bertz CT molecular complexity index is 717. The van der Waals surface area contributed by atoms with Crippen molar-refractivity contribution >= 4 is 23.8 Å². The highest BCUT2D eigenvalue weighted by atomic mass is 16.5. The number of hydrogen-bond acceptors (Lipinski definition) is 6. The Morgan fingerprint density at radius 1 is 0.605 bits per heavy atom. The van der Waals surface area contributed by atoms with Crippen LogP contribution in [0.3, 0.4) is 0 Å². The van der Waals surface area contributed by atoms with Crippen LogP contribution in [0, 0.1) is 0 Å². The van der Waals surface area contributed by atoms with Crippen molar-refractivity contribution in [2.45, 2.75) is 180 Å². The van der Waals surface area contributed by atoms with Gasteiger partial charge in [0.1, 0.15) is 12.1 Å². The van der Waals surface area contributed by atoms with Gasteiger partial charge in [-0.25, -0.2) is 4.79 Å². The lowest BCUT2D eigenvalue weighted by atomic mass is 10.0. The van der Waals surface area contributed by atoms with E-state index in [0.717, 1.165) is 57.8 Å². The van der Waals surface area contributed by atoms with Crippen molar-refractivity contribution in [1.29, 1.82) is 0 Å². The largest absolute Gasteiger partial charge is 0.480 e. The number of unbranched alkanes of at least 4 members (excludes halogenated alkanes) is 17. The summed E-state index contributed by atoms with van der Waals surface area (Å²) in [6.07, 6.45) is 25.8. The number of ether oxygens (including phenoxy) is 1. The molecule has 0 aliphatic heterocycles. The molecule has 0 saturated carbocycles. The number of carbonyl (C=O) groups excluding carboxylic acids is 3. The van der Waals surface area contributed by atoms with Crippen LogP contribution in [0.5, 0.6) is 0 Å². The van der Waals surface area contributed by atoms with Crippen LogP contribution in [0.15, 0.2) is 0 Å². The molecule has 0 rings (SSSR count). The number of carbonyl (C=O) groups is 4. The van der Waals surface area contributed by atoms with Gasteiger partial charge in [-0.2, -0.15) is 0 Å². The number of rotatable bonds is 31. The Labute approximate surface area is 261 Å². The molecule has 2 unspecified atom stereocenters. The molecule has 4 N–H and O–H groups in total. The number of aliphatic hydroxyl groups excluding tert-OH is 1. The van der Waals surface area contributed by atoms with E-state index in [4.69, 9.17) is 14.9 Å². The van der Waals surface area contributed by atoms with Crippen LogP contribution in [0.25, 0.3) is 0 Å². The maximum atomic E-state index is 12.5. The van der Waals surface area contributed by atoms with Gasteiger partial charge in [0.2, 0.25) is 11.8 Å². The first-order valence-electron chi connectivity index (χ1n) is 17.4. The second-order valence-corrected chi connectivity index (χ2v) is 12.0. The number of carboxylic acids is 1. The summed E-state index contributed by atoms with van der Waals surface area (Å²) in [4.78, 5) is 47.1. The first kappa shape index (κ1) is 40.8. The summed E-state index contributed by atoms with van der Waals surface area (Å²) in [6.45, 7) is 3.38. The normalized spacial score (nSPS) is 12.4. The number of aliphatic carboxylic acids is 1. The molecule has 9 heteroatoms. The van der Waals surface area contributed by atoms with Crippen molar-refractivity contribution in [3.8, 4) is 0 Å². The maximum Gasteiger partial charge on any atom is 0.328 e. The molecule has 0 fully saturated rings. The van der Waals surface area contributed by atoms with Crippen LogP contribution < -0.4 is 10.6 Å². The molecule has 0 aromatic rings. The molecular weight excluding hydrogens is 548 g/mol. The number of esters is 1. The molecule has 0 bridgehead atoms. The van der Waals surface area contributed by atoms with Crippen LogP contribution in [0.4, 0.5) is 0 Å². The van der Waals surface area contributed by atoms with Crippen LogP contribution in [-0.4, -0.2) is 59.3 Å². The SMILES string of the molecule is CCCCCCCCCCCCCCCC(=O)OC(CCCCCC)CCCCCC(=O)NCC(=O)NC(CO)C(=O)O. The van der Waals surface area contributed by atoms with Crippen LogP contribution in [0.2, 0.25) is 0 Å². The molecule has 0 saturated heterocycles. The smallest absolute Gasteiger partial charge is 0.328 e. The second-order valence-electron chi connectivity index (χ2n) is 12.0. The van der Waals surface area contributed by atoms with Gasteiger partial charge < -0.3 is 25.6 Å². The van der Waals surface area contributed by atoms with Gasteiger partial charge in [-0.15, -0.1) is 0 Å². The van der Waals surface area contributed by atoms with Gasteiger partial charge in [0.05, 0.1) is 13.2 Å². The fourth-order valence-corrected chi connectivity index (χ4v) is 5.13. The second kappa shape index (κ2) is 29.9. The lowest BCUT2D eigenvalue weighted by Gasteiger charge is -2.18. The van der Waals surface area contributed by atoms with E-state index in [-0.39, 0.29) is 30.9 Å². The van der Waals surface area contributed by atoms with Crippen LogP contribution in [-0.2, 0) is 23.9 Å². The van der Waals surface area contributed by atoms with Crippen LogP contribution >= 0.6 is 0 Å². The molecule has 0 aromatic carbocycles. The average Bonchev–Trinajstić information content (AvgIpc) is 2.98. The molecule has 0 aliphatic carbocycles. The van der Waals surface area contributed by atoms with Gasteiger partial charge in [0.25, 0.3) is 0 Å². The Hall–Kier alpha value is -2.16. The van der Waals surface area contributed by atoms with E-state index < -0.39 is 24.5 Å². The number of nitrogens with one attached hydrogen (secondary N) is 2. The highest BCUT2D eigenvalue weighted by molar-refractivity contribution is 5.87. The summed E-state index contributed by atoms with van der Waals surface area (Å²) in [5.74, 6) is -2.38. The van der Waals surface area contributed by atoms with E-state index in [9.17, 15) is 19.2 Å². The van der Waals surface area contributed by atoms with Gasteiger partial charge in [0.15, 0.2) is 0 Å². The van der Waals surface area contributed by atoms with E-state index in [1.54, 1.807) is 0 Å². The predicted molar refractivity (Wildman–Crippen MR) is 172 cm³/mol. The lowest BCUT2D eigenvalue weighted by Crippen LogP contribution is -2.47. The molecule has 0 spiro atoms. The fourth-order valence-electron chi connectivity index (χ4n) is 5.13. The molecule has 0 radical (unpaired) electrons. The van der Waals surface area contributed by atoms with Gasteiger partial charge in [-0.05, 0) is 38.5 Å². The average molecular weight is 613 g/mol. The summed E-state index contributed by atoms with van der Waals surface area (Å²) < 4.78 is 5.87. The number of aliphatic hydroxyl groups is 1. The van der Waals surface area contributed by atoms with Crippen molar-refractivity contribution in [3.05, 3.63) is 0 Å². The first-order chi connectivity index (χ1) is 20.8. The molecule has 0 aliphatic rings. The van der Waals surface area contributed by atoms with Crippen molar-refractivity contribution < 1.29 is 34.1 Å². The zero-order chi connectivity index (χ0) is 32.0. The van der Waals surface area contributed by atoms with Gasteiger partial charge >= 0.3 is 11.9 Å².